The van der Waals surface area contributed by atoms with E-state index in [9.17, 15) is 65.1 Å². The molecule has 0 unspecified atom stereocenters. The van der Waals surface area contributed by atoms with Crippen LogP contribution in [0, 0.1) is 11.8 Å². The molecule has 0 aromatic heterocycles. The first-order chi connectivity index (χ1) is 34.5. The van der Waals surface area contributed by atoms with Crippen LogP contribution in [-0.4, -0.2) is 177 Å². The lowest BCUT2D eigenvalue weighted by Crippen LogP contribution is -2.60. The van der Waals surface area contributed by atoms with Crippen LogP contribution in [0.25, 0.3) is 0 Å². The van der Waals surface area contributed by atoms with Crippen molar-refractivity contribution in [3.05, 3.63) is 107 Å². The number of aliphatic hydroxyl groups excluding tert-OH is 9. The summed E-state index contributed by atoms with van der Waals surface area (Å²) in [6.07, 6.45) is -14.1. The van der Waals surface area contributed by atoms with E-state index in [-0.39, 0.29) is 53.4 Å². The Hall–Kier alpha value is -5.64. The molecule has 0 spiro atoms. The van der Waals surface area contributed by atoms with Crippen LogP contribution < -0.4 is 9.47 Å². The van der Waals surface area contributed by atoms with Crippen LogP contribution in [0.4, 0.5) is 0 Å². The van der Waals surface area contributed by atoms with Gasteiger partial charge in [0.05, 0.1) is 63.4 Å². The van der Waals surface area contributed by atoms with Crippen LogP contribution >= 0.6 is 0 Å². The first-order valence-electron chi connectivity index (χ1n) is 23.0. The van der Waals surface area contributed by atoms with Gasteiger partial charge in [0.2, 0.25) is 12.6 Å². The Kier molecular flexibility index (Phi) is 20.0. The van der Waals surface area contributed by atoms with Gasteiger partial charge in [0.15, 0.2) is 12.6 Å². The molecular weight excluding hydrogens is 957 g/mol. The highest BCUT2D eigenvalue weighted by Crippen LogP contribution is 2.38. The SMILES string of the molecule is C/C=C1/[C@H](O[C@H]2O[C@@H](CO)[C@H](O)[C@@H](O)[C@@H]2O)OC=C(C(=O)OC)[C@@H]1CC(=O)Oc1ccc(CCOC(=O)C2=CO[C@@H](O[C@@H]3O[C@H](CO)[C@@H](O)[C@H](O)[C@H]3O)/C(=C/C)[C@H]2CC(=O)Oc2ccc(CCO)cc2)cc1. The molecule has 0 saturated carbocycles. The maximum atomic E-state index is 13.7. The Labute approximate surface area is 412 Å². The lowest BCUT2D eigenvalue weighted by molar-refractivity contribution is -0.327. The van der Waals surface area contributed by atoms with Crippen LogP contribution in [-0.2, 0) is 69.9 Å². The zero-order chi connectivity index (χ0) is 52.2. The van der Waals surface area contributed by atoms with Crippen LogP contribution in [0.2, 0.25) is 0 Å². The van der Waals surface area contributed by atoms with E-state index >= 15 is 0 Å². The van der Waals surface area contributed by atoms with Gasteiger partial charge in [-0.1, -0.05) is 36.4 Å². The second kappa shape index (κ2) is 25.8. The van der Waals surface area contributed by atoms with E-state index in [0.717, 1.165) is 25.2 Å². The van der Waals surface area contributed by atoms with E-state index < -0.39 is 136 Å². The molecule has 6 rings (SSSR count). The quantitative estimate of drug-likeness (QED) is 0.0463. The standard InChI is InChI=1S/C49H60O23/c1-4-28-30(32(44(61)63-3)22-65-46(28)71-48-42(59)40(57)38(55)34(20-51)69-48)18-36(53)68-27-12-8-25(9-13-27)15-17-64-45(62)33-23-66-47(72-49-43(60)41(58)39(56)35(21-52)70-49)29(5-2)31(33)19-37(54)67-26-10-6-24(7-11-26)14-16-50/h4-13,22-23,30-31,34-35,38-43,46-52,55-60H,14-21H2,1-3H3/b28-4+,29-5+/t30-,31-,34+,35-,38+,39-,40-,41+,42+,43-,46+,47+,48-,49+/m1/s1. The molecule has 2 saturated heterocycles. The molecule has 9 N–H and O–H groups in total. The lowest BCUT2D eigenvalue weighted by atomic mass is 9.86. The molecule has 2 fully saturated rings. The number of esters is 4. The number of carbonyl (C=O) groups is 4. The predicted molar refractivity (Wildman–Crippen MR) is 241 cm³/mol. The Morgan fingerprint density at radius 3 is 1.38 bits per heavy atom. The van der Waals surface area contributed by atoms with Crippen molar-refractivity contribution in [1.29, 1.82) is 0 Å². The molecule has 0 amide bonds. The molecule has 4 heterocycles. The van der Waals surface area contributed by atoms with Gasteiger partial charge in [0.25, 0.3) is 0 Å². The van der Waals surface area contributed by atoms with E-state index in [1.54, 1.807) is 50.2 Å². The van der Waals surface area contributed by atoms with Crippen LogP contribution in [0.1, 0.15) is 37.8 Å². The minimum atomic E-state index is -1.78. The number of ether oxygens (including phenoxy) is 10. The molecule has 14 atom stereocenters. The number of hydrogen-bond donors (Lipinski definition) is 9. The highest BCUT2D eigenvalue weighted by Gasteiger charge is 2.49. The first-order valence-corrected chi connectivity index (χ1v) is 23.0. The monoisotopic (exact) mass is 1020 g/mol. The number of aliphatic hydroxyl groups is 9. The van der Waals surface area contributed by atoms with Gasteiger partial charge in [0, 0.05) is 36.0 Å². The van der Waals surface area contributed by atoms with E-state index in [4.69, 9.17) is 47.4 Å². The van der Waals surface area contributed by atoms with Gasteiger partial charge in [-0.15, -0.1) is 0 Å². The Morgan fingerprint density at radius 1 is 0.569 bits per heavy atom. The minimum absolute atomic E-state index is 0.0628. The van der Waals surface area contributed by atoms with Crippen molar-refractivity contribution in [2.45, 2.75) is 114 Å². The molecular formula is C49H60O23. The van der Waals surface area contributed by atoms with Crippen molar-refractivity contribution < 1.29 is 113 Å². The third-order valence-electron chi connectivity index (χ3n) is 12.3. The molecule has 0 aliphatic carbocycles. The van der Waals surface area contributed by atoms with Gasteiger partial charge in [0.1, 0.15) is 60.3 Å². The summed E-state index contributed by atoms with van der Waals surface area (Å²) in [6, 6.07) is 12.7. The fourth-order valence-corrected chi connectivity index (χ4v) is 8.33. The van der Waals surface area contributed by atoms with E-state index in [0.29, 0.717) is 12.0 Å². The molecule has 23 nitrogen and oxygen atoms in total. The Bertz CT molecular complexity index is 2290. The van der Waals surface area contributed by atoms with Crippen molar-refractivity contribution in [2.24, 2.45) is 11.8 Å². The molecule has 4 aliphatic rings. The van der Waals surface area contributed by atoms with Crippen molar-refractivity contribution in [3.8, 4) is 11.5 Å². The minimum Gasteiger partial charge on any atom is -0.468 e. The van der Waals surface area contributed by atoms with Crippen LogP contribution in [0.3, 0.4) is 0 Å². The lowest BCUT2D eigenvalue weighted by Gasteiger charge is -2.41. The number of methoxy groups -OCH3 is 1. The zero-order valence-corrected chi connectivity index (χ0v) is 39.4. The number of allylic oxidation sites excluding steroid dienone is 2. The summed E-state index contributed by atoms with van der Waals surface area (Å²) in [7, 11) is 1.14. The summed E-state index contributed by atoms with van der Waals surface area (Å²) in [5.74, 6) is -5.03. The summed E-state index contributed by atoms with van der Waals surface area (Å²) in [4.78, 5) is 53.4. The number of rotatable bonds is 19. The van der Waals surface area contributed by atoms with Gasteiger partial charge in [-0.05, 0) is 55.7 Å². The summed E-state index contributed by atoms with van der Waals surface area (Å²) in [5, 5.41) is 90.7. The second-order valence-corrected chi connectivity index (χ2v) is 16.9. The van der Waals surface area contributed by atoms with Gasteiger partial charge < -0.3 is 93.3 Å². The molecule has 2 aromatic carbocycles. The largest absolute Gasteiger partial charge is 0.468 e. The highest BCUT2D eigenvalue weighted by atomic mass is 16.8. The number of carbonyl (C=O) groups excluding carboxylic acids is 4. The molecule has 4 aliphatic heterocycles. The summed E-state index contributed by atoms with van der Waals surface area (Å²) in [5.41, 5.74) is 1.72. The van der Waals surface area contributed by atoms with Crippen molar-refractivity contribution in [1.82, 2.24) is 0 Å². The summed E-state index contributed by atoms with van der Waals surface area (Å²) in [6.45, 7) is 1.49. The van der Waals surface area contributed by atoms with E-state index in [1.807, 2.05) is 0 Å². The summed E-state index contributed by atoms with van der Waals surface area (Å²) < 4.78 is 55.7. The molecule has 0 radical (unpaired) electrons. The maximum absolute atomic E-state index is 13.7. The topological polar surface area (TPSA) is 343 Å². The smallest absolute Gasteiger partial charge is 0.337 e. The van der Waals surface area contributed by atoms with Gasteiger partial charge in [-0.25, -0.2) is 9.59 Å². The maximum Gasteiger partial charge on any atom is 0.337 e. The van der Waals surface area contributed by atoms with Crippen molar-refractivity contribution in [2.75, 3.05) is 33.5 Å². The van der Waals surface area contributed by atoms with Crippen LogP contribution in [0.15, 0.2) is 95.5 Å². The average Bonchev–Trinajstić information content (AvgIpc) is 3.37. The highest BCUT2D eigenvalue weighted by molar-refractivity contribution is 5.91. The second-order valence-electron chi connectivity index (χ2n) is 16.9. The molecule has 0 bridgehead atoms. The Balaban J connectivity index is 1.09. The van der Waals surface area contributed by atoms with Crippen molar-refractivity contribution >= 4 is 23.9 Å². The fourth-order valence-electron chi connectivity index (χ4n) is 8.33. The predicted octanol–water partition coefficient (Wildman–Crippen LogP) is -0.990. The number of benzene rings is 2. The van der Waals surface area contributed by atoms with Crippen LogP contribution in [0.5, 0.6) is 11.5 Å². The third kappa shape index (κ3) is 13.3. The van der Waals surface area contributed by atoms with Gasteiger partial charge in [-0.2, -0.15) is 0 Å². The normalized spacial score (nSPS) is 31.6. The molecule has 23 heteroatoms. The van der Waals surface area contributed by atoms with Crippen molar-refractivity contribution in [3.63, 3.8) is 0 Å². The summed E-state index contributed by atoms with van der Waals surface area (Å²) >= 11 is 0. The van der Waals surface area contributed by atoms with Gasteiger partial charge in [-0.3, -0.25) is 9.59 Å². The van der Waals surface area contributed by atoms with Gasteiger partial charge >= 0.3 is 23.9 Å². The van der Waals surface area contributed by atoms with E-state index in [2.05, 4.69) is 0 Å². The average molecular weight is 1020 g/mol. The first kappa shape index (κ1) is 55.7. The fraction of sp³-hybridized carbons (Fsp3) is 0.510. The number of hydrogen-bond acceptors (Lipinski definition) is 23. The molecule has 2 aromatic rings. The molecule has 72 heavy (non-hydrogen) atoms. The zero-order valence-electron chi connectivity index (χ0n) is 39.4. The Morgan fingerprint density at radius 2 is 0.986 bits per heavy atom. The molecule has 394 valence electrons. The third-order valence-corrected chi connectivity index (χ3v) is 12.3. The van der Waals surface area contributed by atoms with E-state index in [1.165, 1.54) is 24.3 Å².